The van der Waals surface area contributed by atoms with Crippen LogP contribution in [0.2, 0.25) is 0 Å². The van der Waals surface area contributed by atoms with Crippen LogP contribution in [0.4, 0.5) is 20.2 Å². The van der Waals surface area contributed by atoms with Crippen LogP contribution >= 0.6 is 15.9 Å². The summed E-state index contributed by atoms with van der Waals surface area (Å²) in [6.07, 6.45) is 0. The van der Waals surface area contributed by atoms with Crippen molar-refractivity contribution >= 4 is 27.3 Å². The molecule has 0 aliphatic rings. The first kappa shape index (κ1) is 14.4. The number of halogens is 3. The van der Waals surface area contributed by atoms with E-state index in [4.69, 9.17) is 0 Å². The molecule has 2 rings (SSSR count). The molecule has 0 bridgehead atoms. The summed E-state index contributed by atoms with van der Waals surface area (Å²) < 4.78 is 28.0. The minimum absolute atomic E-state index is 0.0547. The van der Waals surface area contributed by atoms with Crippen LogP contribution in [0.3, 0.4) is 0 Å². The van der Waals surface area contributed by atoms with Crippen LogP contribution in [0.1, 0.15) is 5.56 Å². The predicted molar refractivity (Wildman–Crippen MR) is 74.5 cm³/mol. The predicted octanol–water partition coefficient (Wildman–Crippen LogP) is 4.25. The molecule has 0 spiro atoms. The van der Waals surface area contributed by atoms with Crippen LogP contribution in [0, 0.1) is 21.7 Å². The van der Waals surface area contributed by atoms with Gasteiger partial charge in [0.2, 0.25) is 5.82 Å². The van der Waals surface area contributed by atoms with Crippen molar-refractivity contribution in [3.05, 3.63) is 68.2 Å². The number of benzene rings is 2. The topological polar surface area (TPSA) is 55.2 Å². The number of nitro benzene ring substituents is 1. The number of hydrogen-bond donors (Lipinski definition) is 1. The van der Waals surface area contributed by atoms with E-state index in [0.717, 1.165) is 6.07 Å². The van der Waals surface area contributed by atoms with Crippen molar-refractivity contribution in [2.24, 2.45) is 0 Å². The lowest BCUT2D eigenvalue weighted by Crippen LogP contribution is -2.05. The maximum Gasteiger partial charge on any atom is 0.305 e. The van der Waals surface area contributed by atoms with Gasteiger partial charge in [-0.3, -0.25) is 10.1 Å². The van der Waals surface area contributed by atoms with E-state index >= 15 is 0 Å². The van der Waals surface area contributed by atoms with Gasteiger partial charge in [0, 0.05) is 22.6 Å². The van der Waals surface area contributed by atoms with Crippen molar-refractivity contribution in [1.29, 1.82) is 0 Å². The highest BCUT2D eigenvalue weighted by atomic mass is 79.9. The normalized spacial score (nSPS) is 10.3. The molecule has 2 aromatic carbocycles. The number of nitrogens with zero attached hydrogens (tertiary/aromatic N) is 1. The Morgan fingerprint density at radius 1 is 1.25 bits per heavy atom. The van der Waals surface area contributed by atoms with Crippen molar-refractivity contribution < 1.29 is 13.7 Å². The van der Waals surface area contributed by atoms with Gasteiger partial charge in [-0.15, -0.1) is 0 Å². The Kier molecular flexibility index (Phi) is 4.29. The Morgan fingerprint density at radius 3 is 2.70 bits per heavy atom. The lowest BCUT2D eigenvalue weighted by atomic mass is 10.2. The van der Waals surface area contributed by atoms with Gasteiger partial charge < -0.3 is 5.32 Å². The number of anilines is 1. The molecule has 4 nitrogen and oxygen atoms in total. The maximum atomic E-state index is 13.8. The second-order valence-electron chi connectivity index (χ2n) is 3.99. The first-order valence-corrected chi connectivity index (χ1v) is 6.39. The highest BCUT2D eigenvalue weighted by Gasteiger charge is 2.17. The quantitative estimate of drug-likeness (QED) is 0.667. The van der Waals surface area contributed by atoms with Gasteiger partial charge in [-0.25, -0.2) is 4.39 Å². The van der Waals surface area contributed by atoms with Crippen LogP contribution in [0.5, 0.6) is 0 Å². The zero-order valence-electron chi connectivity index (χ0n) is 10.1. The zero-order valence-corrected chi connectivity index (χ0v) is 11.7. The fourth-order valence-electron chi connectivity index (χ4n) is 1.67. The minimum Gasteiger partial charge on any atom is -0.378 e. The van der Waals surface area contributed by atoms with Crippen LogP contribution in [0.15, 0.2) is 40.9 Å². The zero-order chi connectivity index (χ0) is 14.7. The Hall–Kier alpha value is -2.02. The Bertz CT molecular complexity index is 665. The summed E-state index contributed by atoms with van der Waals surface area (Å²) in [5.41, 5.74) is -0.317. The van der Waals surface area contributed by atoms with E-state index in [1.807, 2.05) is 0 Å². The van der Waals surface area contributed by atoms with Gasteiger partial charge in [0.25, 0.3) is 0 Å². The molecule has 2 aromatic rings. The molecule has 0 aromatic heterocycles. The molecule has 0 fully saturated rings. The molecular weight excluding hydrogens is 334 g/mol. The van der Waals surface area contributed by atoms with Crippen LogP contribution in [0.25, 0.3) is 0 Å². The smallest absolute Gasteiger partial charge is 0.305 e. The van der Waals surface area contributed by atoms with Crippen molar-refractivity contribution in [2.45, 2.75) is 6.54 Å². The summed E-state index contributed by atoms with van der Waals surface area (Å²) in [6, 6.07) is 8.18. The van der Waals surface area contributed by atoms with Crippen LogP contribution in [-0.4, -0.2) is 4.92 Å². The molecule has 0 aliphatic carbocycles. The fraction of sp³-hybridized carbons (Fsp3) is 0.0769. The van der Waals surface area contributed by atoms with Gasteiger partial charge in [0.15, 0.2) is 0 Å². The molecular formula is C13H9BrF2N2O2. The van der Waals surface area contributed by atoms with Gasteiger partial charge in [-0.05, 0) is 18.2 Å². The van der Waals surface area contributed by atoms with E-state index in [2.05, 4.69) is 21.2 Å². The fourth-order valence-corrected chi connectivity index (χ4v) is 2.03. The van der Waals surface area contributed by atoms with Crippen molar-refractivity contribution in [1.82, 2.24) is 0 Å². The van der Waals surface area contributed by atoms with Gasteiger partial charge >= 0.3 is 5.69 Å². The summed E-state index contributed by atoms with van der Waals surface area (Å²) in [4.78, 5) is 9.83. The van der Waals surface area contributed by atoms with E-state index < -0.39 is 22.2 Å². The molecule has 0 saturated heterocycles. The third-order valence-corrected chi connectivity index (χ3v) is 3.15. The number of rotatable bonds is 4. The van der Waals surface area contributed by atoms with E-state index in [1.54, 1.807) is 0 Å². The Labute approximate surface area is 121 Å². The highest BCUT2D eigenvalue weighted by Crippen LogP contribution is 2.23. The monoisotopic (exact) mass is 342 g/mol. The van der Waals surface area contributed by atoms with Crippen molar-refractivity contribution in [3.63, 3.8) is 0 Å². The minimum atomic E-state index is -0.916. The SMILES string of the molecule is O=[N+]([O-])c1cccc(CNc2cc(Br)ccc2F)c1F. The average molecular weight is 343 g/mol. The summed E-state index contributed by atoms with van der Waals surface area (Å²) in [6.45, 7) is -0.0547. The van der Waals surface area contributed by atoms with E-state index in [1.165, 1.54) is 30.3 Å². The lowest BCUT2D eigenvalue weighted by Gasteiger charge is -2.09. The van der Waals surface area contributed by atoms with Gasteiger partial charge in [0.05, 0.1) is 10.6 Å². The number of hydrogen-bond acceptors (Lipinski definition) is 3. The Balaban J connectivity index is 2.21. The summed E-state index contributed by atoms with van der Waals surface area (Å²) >= 11 is 3.20. The first-order chi connectivity index (χ1) is 9.49. The summed E-state index contributed by atoms with van der Waals surface area (Å²) in [5.74, 6) is -1.40. The maximum absolute atomic E-state index is 13.8. The molecule has 104 valence electrons. The molecule has 7 heteroatoms. The Morgan fingerprint density at radius 2 is 2.00 bits per heavy atom. The van der Waals surface area contributed by atoms with Gasteiger partial charge in [-0.2, -0.15) is 4.39 Å². The second kappa shape index (κ2) is 5.96. The molecule has 0 radical (unpaired) electrons. The van der Waals surface area contributed by atoms with Gasteiger partial charge in [-0.1, -0.05) is 28.1 Å². The summed E-state index contributed by atoms with van der Waals surface area (Å²) in [7, 11) is 0. The molecule has 1 N–H and O–H groups in total. The molecule has 0 aliphatic heterocycles. The average Bonchev–Trinajstić information content (AvgIpc) is 2.41. The van der Waals surface area contributed by atoms with Gasteiger partial charge in [0.1, 0.15) is 5.82 Å². The van der Waals surface area contributed by atoms with Crippen LogP contribution in [-0.2, 0) is 6.54 Å². The summed E-state index contributed by atoms with van der Waals surface area (Å²) in [5, 5.41) is 13.3. The molecule has 0 unspecified atom stereocenters. The highest BCUT2D eigenvalue weighted by molar-refractivity contribution is 9.10. The largest absolute Gasteiger partial charge is 0.378 e. The van der Waals surface area contributed by atoms with Crippen LogP contribution < -0.4 is 5.32 Å². The lowest BCUT2D eigenvalue weighted by molar-refractivity contribution is -0.387. The molecule has 20 heavy (non-hydrogen) atoms. The number of nitro groups is 1. The number of nitrogens with one attached hydrogen (secondary N) is 1. The third kappa shape index (κ3) is 3.11. The third-order valence-electron chi connectivity index (χ3n) is 2.65. The molecule has 0 atom stereocenters. The van der Waals surface area contributed by atoms with Crippen molar-refractivity contribution in [2.75, 3.05) is 5.32 Å². The van der Waals surface area contributed by atoms with E-state index in [-0.39, 0.29) is 17.8 Å². The molecule has 0 amide bonds. The standard InChI is InChI=1S/C13H9BrF2N2O2/c14-9-4-5-10(15)11(6-9)17-7-8-2-1-3-12(13(8)16)18(19)20/h1-6,17H,7H2. The molecule has 0 saturated carbocycles. The second-order valence-corrected chi connectivity index (χ2v) is 4.90. The van der Waals surface area contributed by atoms with Crippen molar-refractivity contribution in [3.8, 4) is 0 Å². The van der Waals surface area contributed by atoms with E-state index in [9.17, 15) is 18.9 Å². The van der Waals surface area contributed by atoms with E-state index in [0.29, 0.717) is 4.47 Å². The molecule has 0 heterocycles. The first-order valence-electron chi connectivity index (χ1n) is 5.59.